The van der Waals surface area contributed by atoms with Crippen molar-refractivity contribution in [3.8, 4) is 0 Å². The summed E-state index contributed by atoms with van der Waals surface area (Å²) in [5.74, 6) is -0.418. The second kappa shape index (κ2) is 9.22. The molecule has 1 aliphatic heterocycles. The number of carbonyl (C=O) groups is 2. The first kappa shape index (κ1) is 17.4. The Kier molecular flexibility index (Phi) is 6.96. The largest absolute Gasteiger partial charge is 0.379 e. The van der Waals surface area contributed by atoms with Gasteiger partial charge in [0.15, 0.2) is 0 Å². The van der Waals surface area contributed by atoms with E-state index in [0.29, 0.717) is 24.2 Å². The first-order chi connectivity index (χ1) is 11.2. The quantitative estimate of drug-likeness (QED) is 0.754. The van der Waals surface area contributed by atoms with Crippen LogP contribution in [-0.2, 0) is 4.74 Å². The predicted molar refractivity (Wildman–Crippen MR) is 86.5 cm³/mol. The molecular formula is C16H24N4O3. The lowest BCUT2D eigenvalue weighted by atomic mass is 10.2. The maximum absolute atomic E-state index is 12.1. The van der Waals surface area contributed by atoms with Crippen LogP contribution in [-0.4, -0.2) is 67.6 Å². The Morgan fingerprint density at radius 1 is 1.13 bits per heavy atom. The number of nitrogens with zero attached hydrogens (tertiary/aromatic N) is 2. The number of rotatable bonds is 7. The Morgan fingerprint density at radius 2 is 1.74 bits per heavy atom. The van der Waals surface area contributed by atoms with Crippen LogP contribution in [0.2, 0.25) is 0 Å². The zero-order valence-corrected chi connectivity index (χ0v) is 13.5. The standard InChI is InChI=1S/C16H24N4O3/c1-2-3-18-15(21)13-10-14(12-17-11-13)16(22)19-4-5-20-6-8-23-9-7-20/h10-12H,2-9H2,1H3,(H,18,21)(H,19,22). The summed E-state index contributed by atoms with van der Waals surface area (Å²) in [6.07, 6.45) is 3.80. The van der Waals surface area contributed by atoms with E-state index >= 15 is 0 Å². The molecule has 0 saturated carbocycles. The minimum atomic E-state index is -0.212. The zero-order chi connectivity index (χ0) is 16.5. The van der Waals surface area contributed by atoms with Gasteiger partial charge in [-0.2, -0.15) is 0 Å². The predicted octanol–water partition coefficient (Wildman–Crippen LogP) is 0.283. The summed E-state index contributed by atoms with van der Waals surface area (Å²) in [4.78, 5) is 30.3. The Labute approximate surface area is 136 Å². The number of nitrogens with one attached hydrogen (secondary N) is 2. The third kappa shape index (κ3) is 5.61. The number of ether oxygens (including phenoxy) is 1. The molecule has 1 saturated heterocycles. The van der Waals surface area contributed by atoms with E-state index in [0.717, 1.165) is 39.3 Å². The lowest BCUT2D eigenvalue weighted by Gasteiger charge is -2.26. The van der Waals surface area contributed by atoms with E-state index in [9.17, 15) is 9.59 Å². The summed E-state index contributed by atoms with van der Waals surface area (Å²) >= 11 is 0. The lowest BCUT2D eigenvalue weighted by molar-refractivity contribution is 0.0383. The van der Waals surface area contributed by atoms with Gasteiger partial charge in [-0.3, -0.25) is 19.5 Å². The summed E-state index contributed by atoms with van der Waals surface area (Å²) < 4.78 is 5.28. The van der Waals surface area contributed by atoms with Gasteiger partial charge in [0.2, 0.25) is 0 Å². The molecule has 0 aliphatic carbocycles. The summed E-state index contributed by atoms with van der Waals surface area (Å²) in [6.45, 7) is 7.21. The van der Waals surface area contributed by atoms with Crippen LogP contribution in [0, 0.1) is 0 Å². The lowest BCUT2D eigenvalue weighted by Crippen LogP contribution is -2.41. The van der Waals surface area contributed by atoms with Crippen LogP contribution in [0.25, 0.3) is 0 Å². The third-order valence-electron chi connectivity index (χ3n) is 3.62. The molecule has 1 aliphatic rings. The van der Waals surface area contributed by atoms with Gasteiger partial charge in [0.1, 0.15) is 0 Å². The molecule has 7 heteroatoms. The molecule has 0 aromatic carbocycles. The fraction of sp³-hybridized carbons (Fsp3) is 0.562. The summed E-state index contributed by atoms with van der Waals surface area (Å²) in [5, 5.41) is 5.63. The topological polar surface area (TPSA) is 83.6 Å². The molecule has 0 spiro atoms. The molecular weight excluding hydrogens is 296 g/mol. The first-order valence-corrected chi connectivity index (χ1v) is 8.02. The maximum Gasteiger partial charge on any atom is 0.252 e. The molecule has 2 rings (SSSR count). The van der Waals surface area contributed by atoms with Gasteiger partial charge >= 0.3 is 0 Å². The van der Waals surface area contributed by atoms with Crippen molar-refractivity contribution < 1.29 is 14.3 Å². The van der Waals surface area contributed by atoms with Crippen molar-refractivity contribution in [2.24, 2.45) is 0 Å². The van der Waals surface area contributed by atoms with Gasteiger partial charge in [-0.15, -0.1) is 0 Å². The second-order valence-electron chi connectivity index (χ2n) is 5.43. The molecule has 2 amide bonds. The minimum absolute atomic E-state index is 0.206. The Morgan fingerprint density at radius 3 is 2.35 bits per heavy atom. The Balaban J connectivity index is 1.82. The molecule has 126 valence electrons. The summed E-state index contributed by atoms with van der Waals surface area (Å²) in [7, 11) is 0. The number of hydrogen-bond donors (Lipinski definition) is 2. The molecule has 1 aromatic heterocycles. The van der Waals surface area contributed by atoms with E-state index in [-0.39, 0.29) is 11.8 Å². The SMILES string of the molecule is CCCNC(=O)c1cncc(C(=O)NCCN2CCOCC2)c1. The number of carbonyl (C=O) groups excluding carboxylic acids is 2. The van der Waals surface area contributed by atoms with Gasteiger partial charge in [-0.1, -0.05) is 6.92 Å². The van der Waals surface area contributed by atoms with Crippen molar-refractivity contribution in [3.05, 3.63) is 29.6 Å². The van der Waals surface area contributed by atoms with Gasteiger partial charge in [0, 0.05) is 45.1 Å². The number of pyridine rings is 1. The van der Waals surface area contributed by atoms with E-state index in [1.165, 1.54) is 12.4 Å². The number of hydrogen-bond acceptors (Lipinski definition) is 5. The van der Waals surface area contributed by atoms with Crippen molar-refractivity contribution >= 4 is 11.8 Å². The fourth-order valence-corrected chi connectivity index (χ4v) is 2.28. The van der Waals surface area contributed by atoms with Crippen molar-refractivity contribution in [2.75, 3.05) is 45.9 Å². The van der Waals surface area contributed by atoms with E-state index < -0.39 is 0 Å². The average Bonchev–Trinajstić information content (AvgIpc) is 2.60. The highest BCUT2D eigenvalue weighted by molar-refractivity contribution is 5.99. The average molecular weight is 320 g/mol. The molecule has 1 fully saturated rings. The highest BCUT2D eigenvalue weighted by Crippen LogP contribution is 2.03. The Bertz CT molecular complexity index is 530. The van der Waals surface area contributed by atoms with Crippen LogP contribution in [0.5, 0.6) is 0 Å². The minimum Gasteiger partial charge on any atom is -0.379 e. The number of aromatic nitrogens is 1. The molecule has 0 unspecified atom stereocenters. The van der Waals surface area contributed by atoms with Crippen molar-refractivity contribution in [1.82, 2.24) is 20.5 Å². The number of amides is 2. The Hall–Kier alpha value is -1.99. The summed E-state index contributed by atoms with van der Waals surface area (Å²) in [5.41, 5.74) is 0.801. The van der Waals surface area contributed by atoms with E-state index in [1.807, 2.05) is 6.92 Å². The highest BCUT2D eigenvalue weighted by Gasteiger charge is 2.13. The van der Waals surface area contributed by atoms with Gasteiger partial charge < -0.3 is 15.4 Å². The smallest absolute Gasteiger partial charge is 0.252 e. The third-order valence-corrected chi connectivity index (χ3v) is 3.62. The van der Waals surface area contributed by atoms with Crippen LogP contribution in [0.4, 0.5) is 0 Å². The van der Waals surface area contributed by atoms with Crippen molar-refractivity contribution in [2.45, 2.75) is 13.3 Å². The molecule has 7 nitrogen and oxygen atoms in total. The molecule has 23 heavy (non-hydrogen) atoms. The molecule has 2 heterocycles. The van der Waals surface area contributed by atoms with Gasteiger partial charge in [0.05, 0.1) is 24.3 Å². The number of morpholine rings is 1. The molecule has 1 aromatic rings. The van der Waals surface area contributed by atoms with Gasteiger partial charge in [0.25, 0.3) is 11.8 Å². The molecule has 0 radical (unpaired) electrons. The van der Waals surface area contributed by atoms with Crippen LogP contribution in [0.15, 0.2) is 18.5 Å². The zero-order valence-electron chi connectivity index (χ0n) is 13.5. The van der Waals surface area contributed by atoms with Gasteiger partial charge in [-0.25, -0.2) is 0 Å². The van der Waals surface area contributed by atoms with Crippen molar-refractivity contribution in [1.29, 1.82) is 0 Å². The van der Waals surface area contributed by atoms with Crippen LogP contribution in [0.3, 0.4) is 0 Å². The molecule has 0 atom stereocenters. The second-order valence-corrected chi connectivity index (χ2v) is 5.43. The van der Waals surface area contributed by atoms with E-state index in [4.69, 9.17) is 4.74 Å². The van der Waals surface area contributed by atoms with Crippen LogP contribution in [0.1, 0.15) is 34.1 Å². The normalized spacial score (nSPS) is 15.2. The maximum atomic E-state index is 12.1. The van der Waals surface area contributed by atoms with E-state index in [2.05, 4.69) is 20.5 Å². The fourth-order valence-electron chi connectivity index (χ4n) is 2.28. The van der Waals surface area contributed by atoms with E-state index in [1.54, 1.807) is 6.07 Å². The van der Waals surface area contributed by atoms with Crippen LogP contribution >= 0.6 is 0 Å². The summed E-state index contributed by atoms with van der Waals surface area (Å²) in [6, 6.07) is 1.57. The van der Waals surface area contributed by atoms with Crippen LogP contribution < -0.4 is 10.6 Å². The monoisotopic (exact) mass is 320 g/mol. The highest BCUT2D eigenvalue weighted by atomic mass is 16.5. The molecule has 2 N–H and O–H groups in total. The van der Waals surface area contributed by atoms with Gasteiger partial charge in [-0.05, 0) is 12.5 Å². The molecule has 0 bridgehead atoms. The van der Waals surface area contributed by atoms with Crippen molar-refractivity contribution in [3.63, 3.8) is 0 Å². The first-order valence-electron chi connectivity index (χ1n) is 8.02.